The standard InChI is InChI=1S/C30H38N6O/c1-19(2)28(29-32-33-34-36(29)26-8-6-7-9-26)35(17-23-12-10-20(3)11-13-23)18-25-16-24-15-21(4)14-22(5)27(24)31-30(25)37/h10-16,19,26,28H,6-9,17-18H2,1-5H3,(H,31,37). The van der Waals surface area contributed by atoms with Gasteiger partial charge in [-0.2, -0.15) is 0 Å². The van der Waals surface area contributed by atoms with Gasteiger partial charge >= 0.3 is 0 Å². The highest BCUT2D eigenvalue weighted by molar-refractivity contribution is 5.82. The van der Waals surface area contributed by atoms with E-state index < -0.39 is 0 Å². The van der Waals surface area contributed by atoms with Gasteiger partial charge in [0.05, 0.1) is 17.6 Å². The van der Waals surface area contributed by atoms with E-state index in [0.29, 0.717) is 19.1 Å². The van der Waals surface area contributed by atoms with Crippen LogP contribution in [0.5, 0.6) is 0 Å². The lowest BCUT2D eigenvalue weighted by Gasteiger charge is -2.34. The SMILES string of the molecule is Cc1ccc(CN(Cc2cc3cc(C)cc(C)c3[nH]c2=O)C(c2nnnn2C2CCCC2)C(C)C)cc1. The van der Waals surface area contributed by atoms with Crippen molar-refractivity contribution in [1.29, 1.82) is 0 Å². The number of pyridine rings is 1. The summed E-state index contributed by atoms with van der Waals surface area (Å²) in [6.45, 7) is 11.9. The Morgan fingerprint density at radius 3 is 2.43 bits per heavy atom. The zero-order chi connectivity index (χ0) is 26.1. The number of hydrogen-bond acceptors (Lipinski definition) is 5. The number of aryl methyl sites for hydroxylation is 3. The minimum Gasteiger partial charge on any atom is -0.321 e. The van der Waals surface area contributed by atoms with Crippen LogP contribution in [0.25, 0.3) is 10.9 Å². The van der Waals surface area contributed by atoms with E-state index >= 15 is 0 Å². The third-order valence-electron chi connectivity index (χ3n) is 7.73. The van der Waals surface area contributed by atoms with E-state index in [1.54, 1.807) is 0 Å². The predicted molar refractivity (Wildman–Crippen MR) is 147 cm³/mol. The summed E-state index contributed by atoms with van der Waals surface area (Å²) in [7, 11) is 0. The minimum atomic E-state index is -0.0359. The fraction of sp³-hybridized carbons (Fsp3) is 0.467. The van der Waals surface area contributed by atoms with Gasteiger partial charge in [-0.05, 0) is 78.6 Å². The van der Waals surface area contributed by atoms with Gasteiger partial charge < -0.3 is 4.98 Å². The Balaban J connectivity index is 1.58. The van der Waals surface area contributed by atoms with Gasteiger partial charge in [0.1, 0.15) is 0 Å². The zero-order valence-electron chi connectivity index (χ0n) is 22.7. The molecule has 1 atom stereocenters. The molecular formula is C30H38N6O. The van der Waals surface area contributed by atoms with Crippen molar-refractivity contribution in [1.82, 2.24) is 30.1 Å². The van der Waals surface area contributed by atoms with Crippen LogP contribution in [0, 0.1) is 26.7 Å². The lowest BCUT2D eigenvalue weighted by molar-refractivity contribution is 0.123. The van der Waals surface area contributed by atoms with Crippen molar-refractivity contribution in [2.24, 2.45) is 5.92 Å². The smallest absolute Gasteiger partial charge is 0.252 e. The van der Waals surface area contributed by atoms with E-state index in [0.717, 1.165) is 40.7 Å². The molecule has 0 bridgehead atoms. The Bertz CT molecular complexity index is 1430. The van der Waals surface area contributed by atoms with Crippen LogP contribution in [0.2, 0.25) is 0 Å². The average molecular weight is 499 g/mol. The first-order chi connectivity index (χ1) is 17.8. The van der Waals surface area contributed by atoms with Crippen LogP contribution in [0.1, 0.15) is 85.3 Å². The fourth-order valence-electron chi connectivity index (χ4n) is 5.94. The molecule has 5 rings (SSSR count). The average Bonchev–Trinajstić information content (AvgIpc) is 3.54. The summed E-state index contributed by atoms with van der Waals surface area (Å²) in [4.78, 5) is 18.9. The van der Waals surface area contributed by atoms with Gasteiger partial charge in [0.25, 0.3) is 5.56 Å². The highest BCUT2D eigenvalue weighted by Crippen LogP contribution is 2.35. The molecule has 1 unspecified atom stereocenters. The third kappa shape index (κ3) is 5.37. The molecule has 1 fully saturated rings. The van der Waals surface area contributed by atoms with Crippen LogP contribution in [0.4, 0.5) is 0 Å². The number of H-pyrrole nitrogens is 1. The van der Waals surface area contributed by atoms with E-state index in [1.807, 2.05) is 6.92 Å². The monoisotopic (exact) mass is 498 g/mol. The van der Waals surface area contributed by atoms with E-state index in [-0.39, 0.29) is 17.5 Å². The van der Waals surface area contributed by atoms with Crippen LogP contribution >= 0.6 is 0 Å². The predicted octanol–water partition coefficient (Wildman–Crippen LogP) is 5.95. The van der Waals surface area contributed by atoms with E-state index in [2.05, 4.69) is 100 Å². The number of nitrogens with one attached hydrogen (secondary N) is 1. The fourth-order valence-corrected chi connectivity index (χ4v) is 5.94. The van der Waals surface area contributed by atoms with Crippen molar-refractivity contribution in [3.8, 4) is 0 Å². The van der Waals surface area contributed by atoms with Gasteiger partial charge in [-0.15, -0.1) is 5.10 Å². The Morgan fingerprint density at radius 1 is 1.00 bits per heavy atom. The molecule has 37 heavy (non-hydrogen) atoms. The van der Waals surface area contributed by atoms with Crippen molar-refractivity contribution < 1.29 is 0 Å². The molecular weight excluding hydrogens is 460 g/mol. The number of aromatic nitrogens is 5. The van der Waals surface area contributed by atoms with Crippen molar-refractivity contribution in [3.05, 3.63) is 86.5 Å². The van der Waals surface area contributed by atoms with Crippen LogP contribution in [-0.2, 0) is 13.1 Å². The summed E-state index contributed by atoms with van der Waals surface area (Å²) >= 11 is 0. The molecule has 1 N–H and O–H groups in total. The number of benzene rings is 2. The Labute approximate surface area is 218 Å². The summed E-state index contributed by atoms with van der Waals surface area (Å²) in [5.74, 6) is 1.15. The highest BCUT2D eigenvalue weighted by Gasteiger charge is 2.32. The number of aromatic amines is 1. The Hall–Kier alpha value is -3.32. The van der Waals surface area contributed by atoms with Gasteiger partial charge in [0.2, 0.25) is 0 Å². The quantitative estimate of drug-likeness (QED) is 0.324. The molecule has 1 aliphatic carbocycles. The maximum atomic E-state index is 13.3. The number of nitrogens with zero attached hydrogens (tertiary/aromatic N) is 5. The molecule has 7 nitrogen and oxygen atoms in total. The normalized spacial score (nSPS) is 15.3. The summed E-state index contributed by atoms with van der Waals surface area (Å²) in [5, 5.41) is 14.2. The van der Waals surface area contributed by atoms with Crippen LogP contribution in [0.3, 0.4) is 0 Å². The second-order valence-electron chi connectivity index (χ2n) is 11.2. The van der Waals surface area contributed by atoms with Gasteiger partial charge in [0.15, 0.2) is 5.82 Å². The lowest BCUT2D eigenvalue weighted by atomic mass is 9.98. The van der Waals surface area contributed by atoms with Gasteiger partial charge in [0, 0.05) is 18.7 Å². The first kappa shape index (κ1) is 25.3. The lowest BCUT2D eigenvalue weighted by Crippen LogP contribution is -2.35. The van der Waals surface area contributed by atoms with Crippen molar-refractivity contribution in [3.63, 3.8) is 0 Å². The van der Waals surface area contributed by atoms with E-state index in [9.17, 15) is 4.79 Å². The van der Waals surface area contributed by atoms with Crippen LogP contribution in [0.15, 0.2) is 47.3 Å². The molecule has 7 heteroatoms. The summed E-state index contributed by atoms with van der Waals surface area (Å²) in [5.41, 5.74) is 6.36. The topological polar surface area (TPSA) is 79.7 Å². The molecule has 0 saturated heterocycles. The Kier molecular flexibility index (Phi) is 7.24. The van der Waals surface area contributed by atoms with Crippen molar-refractivity contribution in [2.45, 2.75) is 85.5 Å². The van der Waals surface area contributed by atoms with Crippen LogP contribution in [-0.4, -0.2) is 30.1 Å². The Morgan fingerprint density at radius 2 is 1.73 bits per heavy atom. The molecule has 2 heterocycles. The maximum absolute atomic E-state index is 13.3. The molecule has 0 spiro atoms. The van der Waals surface area contributed by atoms with Gasteiger partial charge in [-0.3, -0.25) is 9.69 Å². The number of fused-ring (bicyclic) bond motifs is 1. The maximum Gasteiger partial charge on any atom is 0.252 e. The zero-order valence-corrected chi connectivity index (χ0v) is 22.7. The highest BCUT2D eigenvalue weighted by atomic mass is 16.1. The molecule has 194 valence electrons. The second kappa shape index (κ2) is 10.6. The first-order valence-corrected chi connectivity index (χ1v) is 13.5. The number of tetrazole rings is 1. The molecule has 0 radical (unpaired) electrons. The second-order valence-corrected chi connectivity index (χ2v) is 11.2. The molecule has 0 amide bonds. The molecule has 1 aliphatic rings. The van der Waals surface area contributed by atoms with Crippen molar-refractivity contribution >= 4 is 10.9 Å². The minimum absolute atomic E-state index is 0.0359. The molecule has 2 aromatic heterocycles. The summed E-state index contributed by atoms with van der Waals surface area (Å²) in [6, 6.07) is 15.3. The summed E-state index contributed by atoms with van der Waals surface area (Å²) < 4.78 is 2.07. The molecule has 0 aliphatic heterocycles. The first-order valence-electron chi connectivity index (χ1n) is 13.5. The van der Waals surface area contributed by atoms with Gasteiger partial charge in [-0.25, -0.2) is 4.68 Å². The largest absolute Gasteiger partial charge is 0.321 e. The number of hydrogen-bond donors (Lipinski definition) is 1. The third-order valence-corrected chi connectivity index (χ3v) is 7.73. The molecule has 2 aromatic carbocycles. The summed E-state index contributed by atoms with van der Waals surface area (Å²) in [6.07, 6.45) is 4.66. The van der Waals surface area contributed by atoms with Crippen LogP contribution < -0.4 is 5.56 Å². The van der Waals surface area contributed by atoms with E-state index in [1.165, 1.54) is 29.5 Å². The van der Waals surface area contributed by atoms with Crippen molar-refractivity contribution in [2.75, 3.05) is 0 Å². The van der Waals surface area contributed by atoms with Gasteiger partial charge in [-0.1, -0.05) is 68.1 Å². The molecule has 1 saturated carbocycles. The number of rotatable bonds is 8. The molecule has 4 aromatic rings. The van der Waals surface area contributed by atoms with E-state index in [4.69, 9.17) is 0 Å².